The summed E-state index contributed by atoms with van der Waals surface area (Å²) in [7, 11) is 0. The van der Waals surface area contributed by atoms with Crippen LogP contribution in [0.1, 0.15) is 43.9 Å². The molecule has 0 spiro atoms. The summed E-state index contributed by atoms with van der Waals surface area (Å²) in [5, 5.41) is 3.58. The van der Waals surface area contributed by atoms with Crippen molar-refractivity contribution in [3.05, 3.63) is 35.1 Å². The minimum absolute atomic E-state index is 0.113. The lowest BCUT2D eigenvalue weighted by Gasteiger charge is -2.19. The Hall–Kier alpha value is -0.890. The molecule has 1 aromatic rings. The molecular weight excluding hydrogens is 189 g/mol. The second-order valence-electron chi connectivity index (χ2n) is 4.41. The van der Waals surface area contributed by atoms with Gasteiger partial charge in [0, 0.05) is 12.1 Å². The Labute approximate surface area is 90.7 Å². The molecule has 2 unspecified atom stereocenters. The van der Waals surface area contributed by atoms with E-state index in [0.29, 0.717) is 12.1 Å². The maximum atomic E-state index is 13.0. The highest BCUT2D eigenvalue weighted by molar-refractivity contribution is 5.35. The molecule has 0 amide bonds. The fourth-order valence-corrected chi connectivity index (χ4v) is 2.22. The molecule has 0 heterocycles. The summed E-state index contributed by atoms with van der Waals surface area (Å²) in [6, 6.07) is 6.13. The SMILES string of the molecule is CCC(C)NC1CCc2cc(F)ccc21. The molecule has 0 bridgehead atoms. The van der Waals surface area contributed by atoms with Gasteiger partial charge < -0.3 is 5.32 Å². The van der Waals surface area contributed by atoms with Crippen LogP contribution in [0.2, 0.25) is 0 Å². The average Bonchev–Trinajstić information content (AvgIpc) is 2.60. The van der Waals surface area contributed by atoms with E-state index in [2.05, 4.69) is 19.2 Å². The van der Waals surface area contributed by atoms with Crippen molar-refractivity contribution in [1.82, 2.24) is 5.32 Å². The molecule has 2 rings (SSSR count). The van der Waals surface area contributed by atoms with Crippen LogP contribution in [0.4, 0.5) is 4.39 Å². The summed E-state index contributed by atoms with van der Waals surface area (Å²) in [6.45, 7) is 4.37. The first-order valence-electron chi connectivity index (χ1n) is 5.75. The topological polar surface area (TPSA) is 12.0 Å². The number of nitrogens with one attached hydrogen (secondary N) is 1. The Morgan fingerprint density at radius 2 is 2.33 bits per heavy atom. The summed E-state index contributed by atoms with van der Waals surface area (Å²) in [4.78, 5) is 0. The highest BCUT2D eigenvalue weighted by Crippen LogP contribution is 2.31. The van der Waals surface area contributed by atoms with Gasteiger partial charge in [-0.3, -0.25) is 0 Å². The van der Waals surface area contributed by atoms with Crippen molar-refractivity contribution in [1.29, 1.82) is 0 Å². The van der Waals surface area contributed by atoms with Gasteiger partial charge in [-0.25, -0.2) is 4.39 Å². The highest BCUT2D eigenvalue weighted by atomic mass is 19.1. The summed E-state index contributed by atoms with van der Waals surface area (Å²) in [6.07, 6.45) is 3.23. The van der Waals surface area contributed by atoms with Crippen LogP contribution in [0.5, 0.6) is 0 Å². The van der Waals surface area contributed by atoms with Crippen LogP contribution >= 0.6 is 0 Å². The second-order valence-corrected chi connectivity index (χ2v) is 4.41. The fraction of sp³-hybridized carbons (Fsp3) is 0.538. The first-order chi connectivity index (χ1) is 7.20. The first-order valence-corrected chi connectivity index (χ1v) is 5.75. The molecule has 0 aliphatic heterocycles. The van der Waals surface area contributed by atoms with Gasteiger partial charge in [0.05, 0.1) is 0 Å². The van der Waals surface area contributed by atoms with Crippen LogP contribution in [0, 0.1) is 5.82 Å². The first kappa shape index (κ1) is 10.6. The molecule has 1 N–H and O–H groups in total. The monoisotopic (exact) mass is 207 g/mol. The number of halogens is 1. The third kappa shape index (κ3) is 2.20. The lowest BCUT2D eigenvalue weighted by molar-refractivity contribution is 0.445. The van der Waals surface area contributed by atoms with Crippen molar-refractivity contribution in [2.75, 3.05) is 0 Å². The molecular formula is C13H18FN. The number of benzene rings is 1. The number of hydrogen-bond acceptors (Lipinski definition) is 1. The molecule has 0 fully saturated rings. The average molecular weight is 207 g/mol. The molecule has 1 aliphatic rings. The van der Waals surface area contributed by atoms with Gasteiger partial charge >= 0.3 is 0 Å². The predicted molar refractivity (Wildman–Crippen MR) is 60.4 cm³/mol. The number of fused-ring (bicyclic) bond motifs is 1. The van der Waals surface area contributed by atoms with E-state index in [0.717, 1.165) is 19.3 Å². The van der Waals surface area contributed by atoms with Gasteiger partial charge in [0.1, 0.15) is 5.82 Å². The molecule has 0 saturated heterocycles. The van der Waals surface area contributed by atoms with Gasteiger partial charge in [0.2, 0.25) is 0 Å². The van der Waals surface area contributed by atoms with E-state index in [-0.39, 0.29) is 5.82 Å². The molecule has 15 heavy (non-hydrogen) atoms. The van der Waals surface area contributed by atoms with Gasteiger partial charge in [-0.15, -0.1) is 0 Å². The van der Waals surface area contributed by atoms with Crippen molar-refractivity contribution < 1.29 is 4.39 Å². The van der Waals surface area contributed by atoms with Crippen LogP contribution < -0.4 is 5.32 Å². The molecule has 2 heteroatoms. The predicted octanol–water partition coefficient (Wildman–Crippen LogP) is 3.20. The largest absolute Gasteiger partial charge is 0.307 e. The van der Waals surface area contributed by atoms with Gasteiger partial charge in [-0.2, -0.15) is 0 Å². The van der Waals surface area contributed by atoms with Gasteiger partial charge in [-0.1, -0.05) is 13.0 Å². The Morgan fingerprint density at radius 1 is 1.53 bits per heavy atom. The van der Waals surface area contributed by atoms with E-state index in [1.54, 1.807) is 12.1 Å². The van der Waals surface area contributed by atoms with Crippen LogP contribution in [0.25, 0.3) is 0 Å². The van der Waals surface area contributed by atoms with E-state index in [1.165, 1.54) is 11.1 Å². The lowest BCUT2D eigenvalue weighted by Crippen LogP contribution is -2.28. The van der Waals surface area contributed by atoms with E-state index < -0.39 is 0 Å². The van der Waals surface area contributed by atoms with Crippen LogP contribution in [-0.4, -0.2) is 6.04 Å². The van der Waals surface area contributed by atoms with E-state index in [1.807, 2.05) is 6.07 Å². The lowest BCUT2D eigenvalue weighted by atomic mass is 10.1. The van der Waals surface area contributed by atoms with Crippen molar-refractivity contribution in [3.63, 3.8) is 0 Å². The zero-order valence-corrected chi connectivity index (χ0v) is 9.39. The van der Waals surface area contributed by atoms with Crippen molar-refractivity contribution in [2.24, 2.45) is 0 Å². The molecule has 0 aromatic heterocycles. The summed E-state index contributed by atoms with van der Waals surface area (Å²) < 4.78 is 13.0. The smallest absolute Gasteiger partial charge is 0.123 e. The van der Waals surface area contributed by atoms with Gasteiger partial charge in [0.15, 0.2) is 0 Å². The minimum atomic E-state index is -0.113. The summed E-state index contributed by atoms with van der Waals surface area (Å²) in [5.41, 5.74) is 2.47. The maximum absolute atomic E-state index is 13.0. The fourth-order valence-electron chi connectivity index (χ4n) is 2.22. The minimum Gasteiger partial charge on any atom is -0.307 e. The zero-order valence-electron chi connectivity index (χ0n) is 9.39. The van der Waals surface area contributed by atoms with Gasteiger partial charge in [-0.05, 0) is 49.4 Å². The molecule has 1 aromatic carbocycles. The Morgan fingerprint density at radius 3 is 3.07 bits per heavy atom. The standard InChI is InChI=1S/C13H18FN/c1-3-9(2)15-13-7-4-10-8-11(14)5-6-12(10)13/h5-6,8-9,13,15H,3-4,7H2,1-2H3. The Bertz CT molecular complexity index is 348. The van der Waals surface area contributed by atoms with Gasteiger partial charge in [0.25, 0.3) is 0 Å². The third-order valence-electron chi connectivity index (χ3n) is 3.28. The molecule has 82 valence electrons. The molecule has 0 radical (unpaired) electrons. The van der Waals surface area contributed by atoms with E-state index in [4.69, 9.17) is 0 Å². The van der Waals surface area contributed by atoms with Crippen molar-refractivity contribution in [2.45, 2.75) is 45.2 Å². The molecule has 1 nitrogen and oxygen atoms in total. The number of rotatable bonds is 3. The normalized spacial score (nSPS) is 21.4. The zero-order chi connectivity index (χ0) is 10.8. The highest BCUT2D eigenvalue weighted by Gasteiger charge is 2.23. The van der Waals surface area contributed by atoms with Crippen LogP contribution in [0.15, 0.2) is 18.2 Å². The molecule has 2 atom stereocenters. The Balaban J connectivity index is 2.14. The quantitative estimate of drug-likeness (QED) is 0.802. The second kappa shape index (κ2) is 4.31. The third-order valence-corrected chi connectivity index (χ3v) is 3.28. The van der Waals surface area contributed by atoms with Crippen LogP contribution in [-0.2, 0) is 6.42 Å². The summed E-state index contributed by atoms with van der Waals surface area (Å²) in [5.74, 6) is -0.113. The maximum Gasteiger partial charge on any atom is 0.123 e. The molecule has 0 saturated carbocycles. The number of aryl methyl sites for hydroxylation is 1. The summed E-state index contributed by atoms with van der Waals surface area (Å²) >= 11 is 0. The van der Waals surface area contributed by atoms with E-state index >= 15 is 0 Å². The molecule has 1 aliphatic carbocycles. The van der Waals surface area contributed by atoms with Crippen molar-refractivity contribution in [3.8, 4) is 0 Å². The van der Waals surface area contributed by atoms with Crippen LogP contribution in [0.3, 0.4) is 0 Å². The van der Waals surface area contributed by atoms with E-state index in [9.17, 15) is 4.39 Å². The van der Waals surface area contributed by atoms with Crippen molar-refractivity contribution >= 4 is 0 Å². The Kier molecular flexibility index (Phi) is 3.06. The number of hydrogen-bond donors (Lipinski definition) is 1.